The molecule has 20 heavy (non-hydrogen) atoms. The molecule has 0 radical (unpaired) electrons. The molecule has 2 atom stereocenters. The highest BCUT2D eigenvalue weighted by molar-refractivity contribution is 7.11. The molecule has 1 aromatic heterocycles. The van der Waals surface area contributed by atoms with Crippen LogP contribution < -0.4 is 0 Å². The van der Waals surface area contributed by atoms with Gasteiger partial charge in [-0.25, -0.2) is 0 Å². The van der Waals surface area contributed by atoms with Crippen LogP contribution in [0.25, 0.3) is 0 Å². The van der Waals surface area contributed by atoms with Crippen LogP contribution in [-0.4, -0.2) is 52.4 Å². The Balaban J connectivity index is 1.93. The summed E-state index contributed by atoms with van der Waals surface area (Å²) in [5.74, 6) is 0.178. The smallest absolute Gasteiger partial charge is 0.266 e. The summed E-state index contributed by atoms with van der Waals surface area (Å²) in [6.45, 7) is 4.33. The Labute approximate surface area is 124 Å². The highest BCUT2D eigenvalue weighted by Crippen LogP contribution is 2.38. The number of carbonyl (C=O) groups excluding carboxylic acids is 1. The Bertz CT molecular complexity index is 475. The lowest BCUT2D eigenvalue weighted by atomic mass is 9.80. The second-order valence-corrected chi connectivity index (χ2v) is 7.16. The van der Waals surface area contributed by atoms with Gasteiger partial charge in [-0.3, -0.25) is 9.78 Å². The Hall–Kier alpha value is -0.940. The predicted octanol–water partition coefficient (Wildman–Crippen LogP) is 2.62. The van der Waals surface area contributed by atoms with Crippen molar-refractivity contribution in [2.24, 2.45) is 0 Å². The van der Waals surface area contributed by atoms with Crippen molar-refractivity contribution >= 4 is 17.2 Å². The number of amides is 1. The maximum absolute atomic E-state index is 12.9. The third kappa shape index (κ3) is 2.27. The van der Waals surface area contributed by atoms with Crippen LogP contribution in [-0.2, 0) is 0 Å². The van der Waals surface area contributed by atoms with Crippen LogP contribution in [0.5, 0.6) is 0 Å². The SMILES string of the molecule is CN1CCC[C@@]2(C)[C@@H]1CCCCN2C(=O)c1cncs1. The van der Waals surface area contributed by atoms with E-state index in [4.69, 9.17) is 0 Å². The number of likely N-dealkylation sites (tertiary alicyclic amines) is 2. The van der Waals surface area contributed by atoms with E-state index in [9.17, 15) is 4.79 Å². The van der Waals surface area contributed by atoms with Crippen LogP contribution in [0.15, 0.2) is 11.7 Å². The number of hydrogen-bond donors (Lipinski definition) is 0. The van der Waals surface area contributed by atoms with Crippen molar-refractivity contribution in [3.05, 3.63) is 16.6 Å². The normalized spacial score (nSPS) is 31.7. The summed E-state index contributed by atoms with van der Waals surface area (Å²) in [5.41, 5.74) is 1.72. The summed E-state index contributed by atoms with van der Waals surface area (Å²) >= 11 is 1.45. The summed E-state index contributed by atoms with van der Waals surface area (Å²) in [6, 6.07) is 0.496. The number of nitrogens with zero attached hydrogens (tertiary/aromatic N) is 3. The second-order valence-electron chi connectivity index (χ2n) is 6.28. The molecule has 0 aromatic carbocycles. The molecule has 4 nitrogen and oxygen atoms in total. The number of rotatable bonds is 1. The largest absolute Gasteiger partial charge is 0.331 e. The maximum Gasteiger partial charge on any atom is 0.266 e. The van der Waals surface area contributed by atoms with Gasteiger partial charge in [0.2, 0.25) is 0 Å². The number of piperidine rings is 1. The average Bonchev–Trinajstić information content (AvgIpc) is 2.88. The zero-order valence-corrected chi connectivity index (χ0v) is 13.2. The molecule has 110 valence electrons. The Kier molecular flexibility index (Phi) is 3.82. The molecule has 0 N–H and O–H groups in total. The fraction of sp³-hybridized carbons (Fsp3) is 0.733. The van der Waals surface area contributed by atoms with Gasteiger partial charge in [-0.05, 0) is 46.2 Å². The third-order valence-electron chi connectivity index (χ3n) is 5.06. The molecule has 0 aliphatic carbocycles. The van der Waals surface area contributed by atoms with Gasteiger partial charge in [-0.2, -0.15) is 0 Å². The minimum absolute atomic E-state index is 0.0232. The van der Waals surface area contributed by atoms with E-state index in [-0.39, 0.29) is 11.4 Å². The van der Waals surface area contributed by atoms with Crippen molar-refractivity contribution in [2.45, 2.75) is 50.6 Å². The van der Waals surface area contributed by atoms with Crippen LogP contribution in [0.1, 0.15) is 48.7 Å². The number of aromatic nitrogens is 1. The molecule has 0 unspecified atom stereocenters. The molecular formula is C15H23N3OS. The number of carbonyl (C=O) groups is 1. The molecule has 2 saturated heterocycles. The number of likely N-dealkylation sites (N-methyl/N-ethyl adjacent to an activating group) is 1. The van der Waals surface area contributed by atoms with Gasteiger partial charge < -0.3 is 9.80 Å². The van der Waals surface area contributed by atoms with E-state index >= 15 is 0 Å². The first-order valence-corrected chi connectivity index (χ1v) is 8.41. The first-order valence-electron chi connectivity index (χ1n) is 7.53. The van der Waals surface area contributed by atoms with Gasteiger partial charge in [0, 0.05) is 12.6 Å². The van der Waals surface area contributed by atoms with Crippen LogP contribution in [0, 0.1) is 0 Å². The Morgan fingerprint density at radius 3 is 3.00 bits per heavy atom. The highest BCUT2D eigenvalue weighted by atomic mass is 32.1. The molecule has 2 aliphatic rings. The minimum Gasteiger partial charge on any atom is -0.331 e. The summed E-state index contributed by atoms with van der Waals surface area (Å²) in [7, 11) is 2.21. The molecule has 2 fully saturated rings. The van der Waals surface area contributed by atoms with Crippen LogP contribution in [0.2, 0.25) is 0 Å². The van der Waals surface area contributed by atoms with E-state index in [2.05, 4.69) is 28.8 Å². The summed E-state index contributed by atoms with van der Waals surface area (Å²) in [4.78, 5) is 22.3. The summed E-state index contributed by atoms with van der Waals surface area (Å²) < 4.78 is 0. The minimum atomic E-state index is -0.0232. The lowest BCUT2D eigenvalue weighted by Gasteiger charge is -2.51. The molecule has 3 rings (SSSR count). The number of hydrogen-bond acceptors (Lipinski definition) is 4. The topological polar surface area (TPSA) is 36.4 Å². The van der Waals surface area contributed by atoms with E-state index in [0.29, 0.717) is 6.04 Å². The molecule has 0 spiro atoms. The first-order chi connectivity index (χ1) is 9.63. The van der Waals surface area contributed by atoms with Crippen molar-refractivity contribution in [1.29, 1.82) is 0 Å². The van der Waals surface area contributed by atoms with Gasteiger partial charge in [-0.15, -0.1) is 11.3 Å². The lowest BCUT2D eigenvalue weighted by Crippen LogP contribution is -2.63. The van der Waals surface area contributed by atoms with E-state index in [1.54, 1.807) is 11.7 Å². The first kappa shape index (κ1) is 14.0. The molecule has 5 heteroatoms. The zero-order chi connectivity index (χ0) is 14.2. The van der Waals surface area contributed by atoms with Gasteiger partial charge in [0.1, 0.15) is 4.88 Å². The van der Waals surface area contributed by atoms with Crippen LogP contribution >= 0.6 is 11.3 Å². The highest BCUT2D eigenvalue weighted by Gasteiger charge is 2.46. The number of fused-ring (bicyclic) bond motifs is 1. The van der Waals surface area contributed by atoms with Gasteiger partial charge in [0.25, 0.3) is 5.91 Å². The van der Waals surface area contributed by atoms with Gasteiger partial charge >= 0.3 is 0 Å². The Morgan fingerprint density at radius 1 is 1.40 bits per heavy atom. The van der Waals surface area contributed by atoms with E-state index in [0.717, 1.165) is 30.8 Å². The summed E-state index contributed by atoms with van der Waals surface area (Å²) in [6.07, 6.45) is 7.55. The lowest BCUT2D eigenvalue weighted by molar-refractivity contribution is -0.00354. The van der Waals surface area contributed by atoms with Crippen molar-refractivity contribution in [3.8, 4) is 0 Å². The second kappa shape index (κ2) is 5.45. The molecule has 0 saturated carbocycles. The van der Waals surface area contributed by atoms with Crippen LogP contribution in [0.3, 0.4) is 0 Å². The molecule has 2 aliphatic heterocycles. The van der Waals surface area contributed by atoms with Crippen molar-refractivity contribution in [1.82, 2.24) is 14.8 Å². The van der Waals surface area contributed by atoms with Gasteiger partial charge in [0.15, 0.2) is 0 Å². The van der Waals surface area contributed by atoms with Crippen molar-refractivity contribution < 1.29 is 4.79 Å². The van der Waals surface area contributed by atoms with Crippen LogP contribution in [0.4, 0.5) is 0 Å². The average molecular weight is 293 g/mol. The van der Waals surface area contributed by atoms with Gasteiger partial charge in [-0.1, -0.05) is 6.42 Å². The van der Waals surface area contributed by atoms with Crippen molar-refractivity contribution in [2.75, 3.05) is 20.1 Å². The van der Waals surface area contributed by atoms with E-state index in [1.165, 1.54) is 30.6 Å². The van der Waals surface area contributed by atoms with E-state index in [1.807, 2.05) is 0 Å². The summed E-state index contributed by atoms with van der Waals surface area (Å²) in [5, 5.41) is 0. The Morgan fingerprint density at radius 2 is 2.25 bits per heavy atom. The molecule has 1 amide bonds. The van der Waals surface area contributed by atoms with Crippen molar-refractivity contribution in [3.63, 3.8) is 0 Å². The predicted molar refractivity (Wildman–Crippen MR) is 81.1 cm³/mol. The molecule has 3 heterocycles. The fourth-order valence-corrected chi connectivity index (χ4v) is 4.55. The number of thiazole rings is 1. The third-order valence-corrected chi connectivity index (χ3v) is 5.82. The monoisotopic (exact) mass is 293 g/mol. The van der Waals surface area contributed by atoms with Gasteiger partial charge in [0.05, 0.1) is 17.2 Å². The maximum atomic E-state index is 12.9. The fourth-order valence-electron chi connectivity index (χ4n) is 3.98. The molecule has 0 bridgehead atoms. The zero-order valence-electron chi connectivity index (χ0n) is 12.3. The standard InChI is InChI=1S/C15H23N3OS/c1-15-7-5-8-17(2)13(15)6-3-4-9-18(15)14(19)12-10-16-11-20-12/h10-11,13H,3-9H2,1-2H3/t13-,15-/m0/s1. The molecular weight excluding hydrogens is 270 g/mol. The molecule has 1 aromatic rings. The quantitative estimate of drug-likeness (QED) is 0.798. The van der Waals surface area contributed by atoms with E-state index < -0.39 is 0 Å².